The first-order valence-electron chi connectivity index (χ1n) is 22.5. The Morgan fingerprint density at radius 3 is 1.76 bits per heavy atom. The van der Waals surface area contributed by atoms with Gasteiger partial charge in [0.1, 0.15) is 0 Å². The molecule has 16 heteroatoms. The first-order chi connectivity index (χ1) is 31.8. The first kappa shape index (κ1) is 55.6. The molecular weight excluding hydrogens is 1090 g/mol. The highest BCUT2D eigenvalue weighted by molar-refractivity contribution is 9.11. The molecule has 5 aromatic carbocycles. The highest BCUT2D eigenvalue weighted by Gasteiger charge is 2.24. The lowest BCUT2D eigenvalue weighted by Gasteiger charge is -2.21. The maximum absolute atomic E-state index is 11.2. The lowest BCUT2D eigenvalue weighted by Crippen LogP contribution is -2.36. The summed E-state index contributed by atoms with van der Waals surface area (Å²) in [5.74, 6) is -0.894. The number of benzene rings is 5. The van der Waals surface area contributed by atoms with Crippen molar-refractivity contribution in [3.63, 3.8) is 0 Å². The summed E-state index contributed by atoms with van der Waals surface area (Å²) in [6, 6.07) is 33.6. The molecule has 0 fully saturated rings. The van der Waals surface area contributed by atoms with E-state index in [1.165, 1.54) is 45.1 Å². The quantitative estimate of drug-likeness (QED) is 0.0479. The maximum Gasteiger partial charge on any atom is 0.376 e. The SMILES string of the molecule is Brc1cccc2c1CNCCC2.CB(O)N1CCCc2cccc(Br)c2C1.CB(O)N1CCCc2cccc(C(=O)O)c2C1.O=Cc1ccccc1Br.OCCCNCc1ccccc1Br. The molecule has 3 aliphatic rings. The Morgan fingerprint density at radius 1 is 0.682 bits per heavy atom. The molecule has 0 saturated heterocycles. The average molecular weight is 1160 g/mol. The Balaban J connectivity index is 0.000000183. The molecule has 0 unspecified atom stereocenters. The van der Waals surface area contributed by atoms with E-state index >= 15 is 0 Å². The first-order valence-corrected chi connectivity index (χ1v) is 25.7. The van der Waals surface area contributed by atoms with E-state index in [9.17, 15) is 24.7 Å². The molecule has 3 heterocycles. The van der Waals surface area contributed by atoms with Gasteiger partial charge in [-0.05, 0) is 154 Å². The van der Waals surface area contributed by atoms with Gasteiger partial charge in [-0.3, -0.25) is 4.79 Å². The molecule has 0 amide bonds. The third-order valence-corrected chi connectivity index (χ3v) is 14.4. The summed E-state index contributed by atoms with van der Waals surface area (Å²) < 4.78 is 4.38. The number of fused-ring (bicyclic) bond motifs is 3. The van der Waals surface area contributed by atoms with Crippen LogP contribution in [0, 0.1) is 0 Å². The summed E-state index contributed by atoms with van der Waals surface area (Å²) in [6.07, 6.45) is 8.15. The van der Waals surface area contributed by atoms with Crippen LogP contribution in [0.5, 0.6) is 0 Å². The molecule has 0 aliphatic carbocycles. The van der Waals surface area contributed by atoms with Gasteiger partial charge >= 0.3 is 20.1 Å². The number of hydrogen-bond donors (Lipinski definition) is 6. The Hall–Kier alpha value is -2.99. The molecule has 10 nitrogen and oxygen atoms in total. The van der Waals surface area contributed by atoms with Crippen molar-refractivity contribution >= 4 is 90.1 Å². The van der Waals surface area contributed by atoms with Crippen molar-refractivity contribution < 1.29 is 29.9 Å². The maximum atomic E-state index is 11.2. The second-order valence-electron chi connectivity index (χ2n) is 16.2. The van der Waals surface area contributed by atoms with Crippen LogP contribution < -0.4 is 10.6 Å². The van der Waals surface area contributed by atoms with E-state index in [1.807, 2.05) is 54.1 Å². The predicted molar refractivity (Wildman–Crippen MR) is 284 cm³/mol. The molecular formula is C50H62B2Br4N4O6. The number of nitrogens with zero attached hydrogens (tertiary/aromatic N) is 2. The number of hydrogen-bond acceptors (Lipinski definition) is 9. The summed E-state index contributed by atoms with van der Waals surface area (Å²) in [5.41, 5.74) is 9.91. The van der Waals surface area contributed by atoms with Crippen molar-refractivity contribution in [3.8, 4) is 0 Å². The fraction of sp³-hybridized carbons (Fsp3) is 0.360. The number of aromatic carboxylic acids is 1. The monoisotopic (exact) mass is 1150 g/mol. The number of carboxylic acids is 1. The van der Waals surface area contributed by atoms with Gasteiger partial charge in [-0.2, -0.15) is 0 Å². The van der Waals surface area contributed by atoms with Gasteiger partial charge in [-0.25, -0.2) is 4.79 Å². The van der Waals surface area contributed by atoms with E-state index in [-0.39, 0.29) is 13.7 Å². The molecule has 0 radical (unpaired) electrons. The van der Waals surface area contributed by atoms with Crippen LogP contribution in [0.1, 0.15) is 85.3 Å². The Bertz CT molecular complexity index is 2270. The van der Waals surface area contributed by atoms with E-state index in [4.69, 9.17) is 5.11 Å². The van der Waals surface area contributed by atoms with Crippen LogP contribution in [-0.4, -0.2) is 89.0 Å². The van der Waals surface area contributed by atoms with E-state index < -0.39 is 13.0 Å². The van der Waals surface area contributed by atoms with Crippen LogP contribution >= 0.6 is 63.7 Å². The fourth-order valence-corrected chi connectivity index (χ4v) is 9.59. The summed E-state index contributed by atoms with van der Waals surface area (Å²) >= 11 is 13.9. The molecule has 3 aliphatic heterocycles. The molecule has 0 saturated carbocycles. The van der Waals surface area contributed by atoms with E-state index in [0.29, 0.717) is 17.7 Å². The minimum atomic E-state index is -0.894. The Kier molecular flexibility index (Phi) is 25.7. The second kappa shape index (κ2) is 30.5. The number of carboxylic acid groups (broad SMARTS) is 1. The van der Waals surface area contributed by atoms with Crippen molar-refractivity contribution in [2.24, 2.45) is 0 Å². The Labute approximate surface area is 425 Å². The fourth-order valence-electron chi connectivity index (χ4n) is 7.71. The molecule has 5 aromatic rings. The number of aliphatic hydroxyl groups excluding tert-OH is 1. The van der Waals surface area contributed by atoms with Crippen LogP contribution in [0.3, 0.4) is 0 Å². The van der Waals surface area contributed by atoms with Crippen LogP contribution in [0.15, 0.2) is 121 Å². The molecule has 6 N–H and O–H groups in total. The topological polar surface area (TPSA) is 146 Å². The van der Waals surface area contributed by atoms with Crippen LogP contribution in [0.25, 0.3) is 0 Å². The standard InChI is InChI=1S/C12H16BNO3.C11H15BBrNO.C10H14BrNO.C10H12BrN.C7H5BrO/c1-13(17)14-7-3-5-9-4-2-6-10(12(15)16)11(9)8-14;1-12(15)14-7-3-5-9-4-2-6-11(13)10(9)8-14;11-10-5-2-1-4-9(10)8-12-6-3-7-13;11-10-5-1-3-8-4-2-6-12-7-9(8)10;8-7-4-2-1-3-6(7)5-9/h2,4,6,17H,3,5,7-8H2,1H3,(H,15,16);2,4,6,15H,3,5,7-8H2,1H3;1-2,4-5,12-13H,3,6-8H2;1,3,5,12H,2,4,6-7H2;1-5H. The molecule has 66 heavy (non-hydrogen) atoms. The third kappa shape index (κ3) is 18.5. The molecule has 8 rings (SSSR count). The number of aliphatic hydroxyl groups is 1. The number of aryl methyl sites for hydroxylation is 3. The van der Waals surface area contributed by atoms with Gasteiger partial charge in [0, 0.05) is 56.2 Å². The van der Waals surface area contributed by atoms with Crippen LogP contribution in [0.4, 0.5) is 0 Å². The lowest BCUT2D eigenvalue weighted by molar-refractivity contribution is 0.0694. The van der Waals surface area contributed by atoms with Crippen molar-refractivity contribution in [3.05, 3.63) is 171 Å². The highest BCUT2D eigenvalue weighted by atomic mass is 79.9. The van der Waals surface area contributed by atoms with Gasteiger partial charge in [0.15, 0.2) is 6.29 Å². The predicted octanol–water partition coefficient (Wildman–Crippen LogP) is 10.2. The smallest absolute Gasteiger partial charge is 0.376 e. The number of carbonyl (C=O) groups excluding carboxylic acids is 1. The summed E-state index contributed by atoms with van der Waals surface area (Å²) in [6.45, 7) is 10.8. The zero-order valence-electron chi connectivity index (χ0n) is 37.9. The minimum Gasteiger partial charge on any atom is -0.478 e. The second-order valence-corrected chi connectivity index (χ2v) is 19.6. The number of carbonyl (C=O) groups is 2. The van der Waals surface area contributed by atoms with Crippen molar-refractivity contribution in [2.45, 2.75) is 84.8 Å². The van der Waals surface area contributed by atoms with Gasteiger partial charge in [0.25, 0.3) is 0 Å². The minimum absolute atomic E-state index is 0.253. The highest BCUT2D eigenvalue weighted by Crippen LogP contribution is 2.27. The largest absolute Gasteiger partial charge is 0.478 e. The number of nitrogens with one attached hydrogen (secondary N) is 2. The molecule has 0 aromatic heterocycles. The lowest BCUT2D eigenvalue weighted by atomic mass is 9.84. The van der Waals surface area contributed by atoms with E-state index in [2.05, 4.69) is 122 Å². The van der Waals surface area contributed by atoms with Crippen molar-refractivity contribution in [1.29, 1.82) is 0 Å². The number of aldehydes is 1. The van der Waals surface area contributed by atoms with Crippen LogP contribution in [-0.2, 0) is 45.4 Å². The Morgan fingerprint density at radius 2 is 1.20 bits per heavy atom. The van der Waals surface area contributed by atoms with Crippen molar-refractivity contribution in [1.82, 2.24) is 20.3 Å². The zero-order chi connectivity index (χ0) is 47.8. The summed E-state index contributed by atoms with van der Waals surface area (Å²) in [7, 11) is -0.897. The summed E-state index contributed by atoms with van der Waals surface area (Å²) in [4.78, 5) is 25.4. The molecule has 0 spiro atoms. The average Bonchev–Trinajstić information content (AvgIpc) is 3.80. The van der Waals surface area contributed by atoms with Gasteiger partial charge in [0.05, 0.1) is 5.56 Å². The van der Waals surface area contributed by atoms with Gasteiger partial charge in [-0.15, -0.1) is 0 Å². The van der Waals surface area contributed by atoms with Gasteiger partial charge < -0.3 is 40.5 Å². The van der Waals surface area contributed by atoms with Gasteiger partial charge in [0.2, 0.25) is 0 Å². The number of rotatable bonds is 9. The molecule has 0 bridgehead atoms. The molecule has 352 valence electrons. The summed E-state index contributed by atoms with van der Waals surface area (Å²) in [5, 5.41) is 43.7. The van der Waals surface area contributed by atoms with Crippen molar-refractivity contribution in [2.75, 3.05) is 32.8 Å². The number of halogens is 4. The van der Waals surface area contributed by atoms with Crippen LogP contribution in [0.2, 0.25) is 13.6 Å². The van der Waals surface area contributed by atoms with E-state index in [1.54, 1.807) is 25.0 Å². The zero-order valence-corrected chi connectivity index (χ0v) is 44.2. The van der Waals surface area contributed by atoms with E-state index in [0.717, 1.165) is 109 Å². The molecule has 0 atom stereocenters. The van der Waals surface area contributed by atoms with Gasteiger partial charge in [-0.1, -0.05) is 137 Å². The third-order valence-electron chi connectivity index (χ3n) is 11.4. The normalized spacial score (nSPS) is 14.3.